The first-order valence-corrected chi connectivity index (χ1v) is 4.92. The van der Waals surface area contributed by atoms with E-state index in [1.807, 2.05) is 13.1 Å². The first kappa shape index (κ1) is 9.98. The van der Waals surface area contributed by atoms with Crippen LogP contribution in [-0.2, 0) is 6.54 Å². The van der Waals surface area contributed by atoms with Crippen molar-refractivity contribution in [1.29, 1.82) is 0 Å². The molecule has 4 nitrogen and oxygen atoms in total. The molecule has 0 saturated heterocycles. The number of aromatic nitrogens is 3. The van der Waals surface area contributed by atoms with Crippen LogP contribution in [0.5, 0.6) is 0 Å². The quantitative estimate of drug-likeness (QED) is 0.844. The van der Waals surface area contributed by atoms with Gasteiger partial charge in [0.1, 0.15) is 5.02 Å². The lowest BCUT2D eigenvalue weighted by Gasteiger charge is -2.01. The van der Waals surface area contributed by atoms with Crippen molar-refractivity contribution < 1.29 is 0 Å². The van der Waals surface area contributed by atoms with E-state index in [0.717, 1.165) is 11.1 Å². The number of rotatable bonds is 2. The number of anilines is 1. The van der Waals surface area contributed by atoms with Crippen LogP contribution in [-0.4, -0.2) is 14.8 Å². The van der Waals surface area contributed by atoms with Crippen molar-refractivity contribution >= 4 is 17.4 Å². The molecule has 0 spiro atoms. The molecule has 0 amide bonds. The molecular weight excluding hydrogens is 212 g/mol. The van der Waals surface area contributed by atoms with Gasteiger partial charge in [-0.15, -0.1) is 0 Å². The van der Waals surface area contributed by atoms with Crippen LogP contribution in [0.25, 0.3) is 0 Å². The van der Waals surface area contributed by atoms with Gasteiger partial charge in [-0.3, -0.25) is 9.67 Å². The molecule has 0 bridgehead atoms. The molecule has 0 aliphatic heterocycles. The van der Waals surface area contributed by atoms with Crippen LogP contribution in [0.2, 0.25) is 5.02 Å². The highest BCUT2D eigenvalue weighted by Gasteiger charge is 2.03. The fourth-order valence-electron chi connectivity index (χ4n) is 1.38. The van der Waals surface area contributed by atoms with Crippen LogP contribution in [0.1, 0.15) is 11.1 Å². The molecule has 2 rings (SSSR count). The third-order valence-corrected chi connectivity index (χ3v) is 2.31. The molecule has 15 heavy (non-hydrogen) atoms. The summed E-state index contributed by atoms with van der Waals surface area (Å²) in [5.74, 6) is 0.359. The summed E-state index contributed by atoms with van der Waals surface area (Å²) in [6.45, 7) is 2.63. The van der Waals surface area contributed by atoms with Crippen LogP contribution in [0.15, 0.2) is 24.7 Å². The first-order chi connectivity index (χ1) is 7.15. The topological polar surface area (TPSA) is 56.7 Å². The molecule has 0 radical (unpaired) electrons. The Hall–Kier alpha value is -1.55. The first-order valence-electron chi connectivity index (χ1n) is 4.54. The van der Waals surface area contributed by atoms with Gasteiger partial charge in [0, 0.05) is 18.6 Å². The average molecular weight is 223 g/mol. The van der Waals surface area contributed by atoms with Crippen molar-refractivity contribution in [2.24, 2.45) is 0 Å². The largest absolute Gasteiger partial charge is 0.381 e. The lowest BCUT2D eigenvalue weighted by molar-refractivity contribution is 0.687. The summed E-state index contributed by atoms with van der Waals surface area (Å²) in [5, 5.41) is 4.55. The maximum atomic E-state index is 5.80. The molecule has 0 fully saturated rings. The Kier molecular flexibility index (Phi) is 2.60. The molecule has 2 heterocycles. The third kappa shape index (κ3) is 2.27. The second kappa shape index (κ2) is 3.90. The van der Waals surface area contributed by atoms with Gasteiger partial charge in [0.25, 0.3) is 0 Å². The van der Waals surface area contributed by atoms with E-state index in [4.69, 9.17) is 17.3 Å². The van der Waals surface area contributed by atoms with Crippen molar-refractivity contribution in [3.05, 3.63) is 40.8 Å². The Morgan fingerprint density at radius 2 is 2.27 bits per heavy atom. The number of hydrogen-bond donors (Lipinski definition) is 1. The van der Waals surface area contributed by atoms with Gasteiger partial charge in [0.15, 0.2) is 5.82 Å². The highest BCUT2D eigenvalue weighted by atomic mass is 35.5. The van der Waals surface area contributed by atoms with E-state index in [-0.39, 0.29) is 0 Å². The zero-order valence-corrected chi connectivity index (χ0v) is 9.07. The summed E-state index contributed by atoms with van der Waals surface area (Å²) in [6, 6.07) is 2.05. The summed E-state index contributed by atoms with van der Waals surface area (Å²) in [7, 11) is 0. The molecule has 0 unspecified atom stereocenters. The summed E-state index contributed by atoms with van der Waals surface area (Å²) >= 11 is 5.80. The van der Waals surface area contributed by atoms with E-state index in [1.165, 1.54) is 0 Å². The van der Waals surface area contributed by atoms with Gasteiger partial charge >= 0.3 is 0 Å². The summed E-state index contributed by atoms with van der Waals surface area (Å²) in [6.07, 6.45) is 5.33. The molecule has 78 valence electrons. The molecule has 2 aromatic rings. The monoisotopic (exact) mass is 222 g/mol. The molecule has 0 atom stereocenters. The fourth-order valence-corrected chi connectivity index (χ4v) is 1.53. The highest BCUT2D eigenvalue weighted by Crippen LogP contribution is 2.16. The molecule has 0 aliphatic rings. The van der Waals surface area contributed by atoms with Crippen LogP contribution < -0.4 is 5.73 Å². The van der Waals surface area contributed by atoms with Gasteiger partial charge in [-0.05, 0) is 18.1 Å². The van der Waals surface area contributed by atoms with Gasteiger partial charge in [-0.25, -0.2) is 0 Å². The van der Waals surface area contributed by atoms with Crippen LogP contribution >= 0.6 is 11.6 Å². The van der Waals surface area contributed by atoms with Gasteiger partial charge < -0.3 is 5.73 Å². The minimum atomic E-state index is 0.359. The lowest BCUT2D eigenvalue weighted by Crippen LogP contribution is -2.01. The number of halogens is 1. The van der Waals surface area contributed by atoms with Gasteiger partial charge in [-0.1, -0.05) is 17.7 Å². The van der Waals surface area contributed by atoms with Crippen molar-refractivity contribution in [3.63, 3.8) is 0 Å². The Labute approximate surface area is 92.7 Å². The lowest BCUT2D eigenvalue weighted by atomic mass is 10.2. The Morgan fingerprint density at radius 1 is 1.47 bits per heavy atom. The maximum Gasteiger partial charge on any atom is 0.164 e. The summed E-state index contributed by atoms with van der Waals surface area (Å²) in [5.41, 5.74) is 7.75. The standard InChI is InChI=1S/C10H11ClN4/c1-7-2-8(4-13-3-7)5-15-6-9(11)10(12)14-15/h2-4,6H,5H2,1H3,(H2,12,14). The second-order valence-electron chi connectivity index (χ2n) is 3.43. The minimum Gasteiger partial charge on any atom is -0.381 e. The second-order valence-corrected chi connectivity index (χ2v) is 3.84. The number of hydrogen-bond acceptors (Lipinski definition) is 3. The van der Waals surface area contributed by atoms with Crippen molar-refractivity contribution in [3.8, 4) is 0 Å². The Bertz CT molecular complexity index is 459. The van der Waals surface area contributed by atoms with Crippen molar-refractivity contribution in [1.82, 2.24) is 14.8 Å². The molecule has 2 aromatic heterocycles. The Morgan fingerprint density at radius 3 is 2.87 bits per heavy atom. The molecule has 2 N–H and O–H groups in total. The molecule has 5 heteroatoms. The minimum absolute atomic E-state index is 0.359. The van der Waals surface area contributed by atoms with Crippen molar-refractivity contribution in [2.45, 2.75) is 13.5 Å². The van der Waals surface area contributed by atoms with E-state index < -0.39 is 0 Å². The molecule has 0 aliphatic carbocycles. The number of nitrogens with two attached hydrogens (primary N) is 1. The van der Waals surface area contributed by atoms with Gasteiger partial charge in [0.05, 0.1) is 6.54 Å². The van der Waals surface area contributed by atoms with E-state index >= 15 is 0 Å². The Balaban J connectivity index is 2.22. The van der Waals surface area contributed by atoms with Crippen molar-refractivity contribution in [2.75, 3.05) is 5.73 Å². The number of nitrogens with zero attached hydrogens (tertiary/aromatic N) is 3. The van der Waals surface area contributed by atoms with E-state index in [9.17, 15) is 0 Å². The summed E-state index contributed by atoms with van der Waals surface area (Å²) in [4.78, 5) is 4.10. The number of aryl methyl sites for hydroxylation is 1. The normalized spacial score (nSPS) is 10.5. The summed E-state index contributed by atoms with van der Waals surface area (Å²) < 4.78 is 1.70. The predicted molar refractivity (Wildman–Crippen MR) is 59.7 cm³/mol. The molecular formula is C10H11ClN4. The smallest absolute Gasteiger partial charge is 0.164 e. The molecule has 0 saturated carbocycles. The third-order valence-electron chi connectivity index (χ3n) is 2.02. The highest BCUT2D eigenvalue weighted by molar-refractivity contribution is 6.32. The molecule has 0 aromatic carbocycles. The van der Waals surface area contributed by atoms with Crippen LogP contribution in [0.3, 0.4) is 0 Å². The number of nitrogen functional groups attached to an aromatic ring is 1. The van der Waals surface area contributed by atoms with Crippen LogP contribution in [0, 0.1) is 6.92 Å². The zero-order chi connectivity index (χ0) is 10.8. The zero-order valence-electron chi connectivity index (χ0n) is 8.31. The SMILES string of the molecule is Cc1cncc(Cn2cc(Cl)c(N)n2)c1. The van der Waals surface area contributed by atoms with Gasteiger partial charge in [-0.2, -0.15) is 5.10 Å². The average Bonchev–Trinajstić information content (AvgIpc) is 2.45. The maximum absolute atomic E-state index is 5.80. The van der Waals surface area contributed by atoms with E-state index in [2.05, 4.69) is 16.1 Å². The number of pyridine rings is 1. The van der Waals surface area contributed by atoms with E-state index in [0.29, 0.717) is 17.4 Å². The predicted octanol–water partition coefficient (Wildman–Crippen LogP) is 1.87. The fraction of sp³-hybridized carbons (Fsp3) is 0.200. The van der Waals surface area contributed by atoms with Crippen LogP contribution in [0.4, 0.5) is 5.82 Å². The van der Waals surface area contributed by atoms with E-state index in [1.54, 1.807) is 17.1 Å². The van der Waals surface area contributed by atoms with Gasteiger partial charge in [0.2, 0.25) is 0 Å².